The van der Waals surface area contributed by atoms with E-state index in [2.05, 4.69) is 11.4 Å². The van der Waals surface area contributed by atoms with Gasteiger partial charge in [0.1, 0.15) is 6.07 Å². The normalized spacial score (nSPS) is 11.7. The second-order valence-corrected chi connectivity index (χ2v) is 4.19. The number of nitriles is 1. The Labute approximate surface area is 112 Å². The second-order valence-electron chi connectivity index (χ2n) is 3.78. The smallest absolute Gasteiger partial charge is 0.184 e. The van der Waals surface area contributed by atoms with Crippen molar-refractivity contribution in [2.45, 2.75) is 26.0 Å². The van der Waals surface area contributed by atoms with E-state index in [4.69, 9.17) is 26.3 Å². The van der Waals surface area contributed by atoms with Gasteiger partial charge in [-0.2, -0.15) is 5.26 Å². The summed E-state index contributed by atoms with van der Waals surface area (Å²) in [6.07, 6.45) is 0.0698. The third kappa shape index (κ3) is 3.52. The molecular weight excluding hydrogens is 252 g/mol. The molecule has 0 spiro atoms. The van der Waals surface area contributed by atoms with Gasteiger partial charge < -0.3 is 14.8 Å². The van der Waals surface area contributed by atoms with Crippen LogP contribution in [0.15, 0.2) is 12.1 Å². The third-order valence-electron chi connectivity index (χ3n) is 2.45. The lowest BCUT2D eigenvalue weighted by Crippen LogP contribution is -2.13. The van der Waals surface area contributed by atoms with Crippen LogP contribution in [0.5, 0.6) is 11.5 Å². The van der Waals surface area contributed by atoms with Crippen LogP contribution in [0.2, 0.25) is 5.02 Å². The van der Waals surface area contributed by atoms with Crippen LogP contribution in [0.1, 0.15) is 18.9 Å². The number of hydrogen-bond acceptors (Lipinski definition) is 4. The van der Waals surface area contributed by atoms with E-state index in [1.807, 2.05) is 20.0 Å². The van der Waals surface area contributed by atoms with E-state index < -0.39 is 6.10 Å². The zero-order valence-corrected chi connectivity index (χ0v) is 11.5. The highest BCUT2D eigenvalue weighted by molar-refractivity contribution is 6.32. The summed E-state index contributed by atoms with van der Waals surface area (Å²) >= 11 is 6.16. The summed E-state index contributed by atoms with van der Waals surface area (Å²) in [4.78, 5) is 0. The Morgan fingerprint density at radius 3 is 2.72 bits per heavy atom. The first-order chi connectivity index (χ1) is 8.65. The van der Waals surface area contributed by atoms with E-state index in [9.17, 15) is 0 Å². The first-order valence-corrected chi connectivity index (χ1v) is 6.11. The molecule has 1 atom stereocenters. The minimum atomic E-state index is -0.522. The van der Waals surface area contributed by atoms with Crippen molar-refractivity contribution in [1.82, 2.24) is 5.32 Å². The Kier molecular flexibility index (Phi) is 5.76. The van der Waals surface area contributed by atoms with E-state index in [0.29, 0.717) is 29.5 Å². The Balaban J connectivity index is 3.07. The fourth-order valence-corrected chi connectivity index (χ4v) is 1.81. The Morgan fingerprint density at radius 2 is 2.22 bits per heavy atom. The van der Waals surface area contributed by atoms with Crippen LogP contribution in [0, 0.1) is 11.3 Å². The Hall–Kier alpha value is -1.44. The molecule has 0 aromatic heterocycles. The molecule has 0 fully saturated rings. The maximum Gasteiger partial charge on any atom is 0.184 e. The molecule has 18 heavy (non-hydrogen) atoms. The number of benzene rings is 1. The highest BCUT2D eigenvalue weighted by Crippen LogP contribution is 2.37. The number of nitrogens with one attached hydrogen (secondary N) is 1. The van der Waals surface area contributed by atoms with Gasteiger partial charge in [0.15, 0.2) is 17.6 Å². The zero-order chi connectivity index (χ0) is 13.5. The minimum Gasteiger partial charge on any atom is -0.493 e. The van der Waals surface area contributed by atoms with Gasteiger partial charge in [0.2, 0.25) is 0 Å². The average molecular weight is 269 g/mol. The predicted octanol–water partition coefficient (Wildman–Crippen LogP) is 2.75. The molecule has 0 saturated heterocycles. The van der Waals surface area contributed by atoms with Crippen molar-refractivity contribution in [2.75, 3.05) is 14.2 Å². The lowest BCUT2D eigenvalue weighted by Gasteiger charge is -2.16. The van der Waals surface area contributed by atoms with E-state index in [1.54, 1.807) is 13.2 Å². The lowest BCUT2D eigenvalue weighted by molar-refractivity contribution is 0.239. The molecular formula is C13H17ClN2O2. The molecule has 0 aliphatic rings. The van der Waals surface area contributed by atoms with Crippen molar-refractivity contribution in [3.63, 3.8) is 0 Å². The average Bonchev–Trinajstić information content (AvgIpc) is 2.37. The van der Waals surface area contributed by atoms with Crippen molar-refractivity contribution in [3.8, 4) is 17.6 Å². The van der Waals surface area contributed by atoms with Gasteiger partial charge in [0.05, 0.1) is 12.1 Å². The SMILES string of the molecule is CCC(C#N)Oc1c(Cl)cc(CNC)cc1OC. The summed E-state index contributed by atoms with van der Waals surface area (Å²) in [6, 6.07) is 5.72. The number of hydrogen-bond donors (Lipinski definition) is 1. The topological polar surface area (TPSA) is 54.3 Å². The fourth-order valence-electron chi connectivity index (χ4n) is 1.54. The highest BCUT2D eigenvalue weighted by Gasteiger charge is 2.16. The van der Waals surface area contributed by atoms with Crippen LogP contribution in [0.3, 0.4) is 0 Å². The molecule has 0 aliphatic heterocycles. The number of ether oxygens (including phenoxy) is 2. The molecule has 0 saturated carbocycles. The number of rotatable bonds is 6. The second kappa shape index (κ2) is 7.10. The maximum absolute atomic E-state index is 8.91. The van der Waals surface area contributed by atoms with Crippen molar-refractivity contribution in [3.05, 3.63) is 22.7 Å². The van der Waals surface area contributed by atoms with Crippen LogP contribution in [-0.2, 0) is 6.54 Å². The minimum absolute atomic E-state index is 0.424. The standard InChI is InChI=1S/C13H17ClN2O2/c1-4-10(7-15)18-13-11(14)5-9(8-16-2)6-12(13)17-3/h5-6,10,16H,4,8H2,1-3H3. The molecule has 0 bridgehead atoms. The van der Waals surface area contributed by atoms with E-state index in [1.165, 1.54) is 0 Å². The summed E-state index contributed by atoms with van der Waals surface area (Å²) < 4.78 is 10.8. The molecule has 1 aromatic rings. The summed E-state index contributed by atoms with van der Waals surface area (Å²) in [5.74, 6) is 0.967. The molecule has 98 valence electrons. The molecule has 0 amide bonds. The molecule has 0 radical (unpaired) electrons. The molecule has 1 N–H and O–H groups in total. The van der Waals surface area contributed by atoms with Gasteiger partial charge in [-0.15, -0.1) is 0 Å². The Morgan fingerprint density at radius 1 is 1.50 bits per heavy atom. The van der Waals surface area contributed by atoms with Crippen molar-refractivity contribution < 1.29 is 9.47 Å². The summed E-state index contributed by atoms with van der Waals surface area (Å²) in [5, 5.41) is 12.4. The van der Waals surface area contributed by atoms with Crippen molar-refractivity contribution >= 4 is 11.6 Å². The van der Waals surface area contributed by atoms with Crippen molar-refractivity contribution in [2.24, 2.45) is 0 Å². The van der Waals surface area contributed by atoms with Crippen LogP contribution in [0.25, 0.3) is 0 Å². The number of halogens is 1. The number of methoxy groups -OCH3 is 1. The molecule has 5 heteroatoms. The first-order valence-electron chi connectivity index (χ1n) is 5.73. The van der Waals surface area contributed by atoms with Gasteiger partial charge in [0, 0.05) is 6.54 Å². The molecule has 1 unspecified atom stereocenters. The van der Waals surface area contributed by atoms with Crippen LogP contribution < -0.4 is 14.8 Å². The largest absolute Gasteiger partial charge is 0.493 e. The first kappa shape index (κ1) is 14.6. The quantitative estimate of drug-likeness (QED) is 0.862. The predicted molar refractivity (Wildman–Crippen MR) is 71.1 cm³/mol. The van der Waals surface area contributed by atoms with Gasteiger partial charge in [-0.1, -0.05) is 18.5 Å². The molecule has 4 nitrogen and oxygen atoms in total. The maximum atomic E-state index is 8.91. The van der Waals surface area contributed by atoms with Crippen molar-refractivity contribution in [1.29, 1.82) is 5.26 Å². The molecule has 1 aromatic carbocycles. The van der Waals surface area contributed by atoms with Gasteiger partial charge in [0.25, 0.3) is 0 Å². The summed E-state index contributed by atoms with van der Waals surface area (Å²) in [5.41, 5.74) is 0.997. The lowest BCUT2D eigenvalue weighted by atomic mass is 10.2. The van der Waals surface area contributed by atoms with Crippen LogP contribution in [-0.4, -0.2) is 20.3 Å². The number of nitrogens with zero attached hydrogens (tertiary/aromatic N) is 1. The van der Waals surface area contributed by atoms with Crippen LogP contribution >= 0.6 is 11.6 Å². The monoisotopic (exact) mass is 268 g/mol. The molecule has 0 aliphatic carbocycles. The fraction of sp³-hybridized carbons (Fsp3) is 0.462. The third-order valence-corrected chi connectivity index (χ3v) is 2.73. The van der Waals surface area contributed by atoms with E-state index >= 15 is 0 Å². The molecule has 1 rings (SSSR count). The zero-order valence-electron chi connectivity index (χ0n) is 10.8. The Bertz CT molecular complexity index is 443. The summed E-state index contributed by atoms with van der Waals surface area (Å²) in [7, 11) is 3.41. The molecule has 0 heterocycles. The van der Waals surface area contributed by atoms with Gasteiger partial charge in [-0.3, -0.25) is 0 Å². The highest BCUT2D eigenvalue weighted by atomic mass is 35.5. The van der Waals surface area contributed by atoms with Gasteiger partial charge >= 0.3 is 0 Å². The van der Waals surface area contributed by atoms with Gasteiger partial charge in [-0.05, 0) is 31.2 Å². The van der Waals surface area contributed by atoms with E-state index in [-0.39, 0.29) is 0 Å². The van der Waals surface area contributed by atoms with Gasteiger partial charge in [-0.25, -0.2) is 0 Å². The summed E-state index contributed by atoms with van der Waals surface area (Å²) in [6.45, 7) is 2.56. The van der Waals surface area contributed by atoms with E-state index in [0.717, 1.165) is 5.56 Å². The van der Waals surface area contributed by atoms with Crippen LogP contribution in [0.4, 0.5) is 0 Å².